The Hall–Kier alpha value is -8.20. The second kappa shape index (κ2) is 14.8. The second-order valence-electron chi connectivity index (χ2n) is 16.0. The third kappa shape index (κ3) is 5.88. The van der Waals surface area contributed by atoms with Crippen LogP contribution in [0.5, 0.6) is 0 Å². The van der Waals surface area contributed by atoms with Gasteiger partial charge in [0.05, 0.1) is 11.4 Å². The molecule has 0 unspecified atom stereocenters. The van der Waals surface area contributed by atoms with E-state index in [0.29, 0.717) is 5.82 Å². The summed E-state index contributed by atoms with van der Waals surface area (Å²) in [5.41, 5.74) is 12.1. The lowest BCUT2D eigenvalue weighted by Crippen LogP contribution is -1.98. The molecule has 0 saturated heterocycles. The van der Waals surface area contributed by atoms with E-state index in [9.17, 15) is 0 Å². The fourth-order valence-corrected chi connectivity index (χ4v) is 9.72. The molecule has 0 bridgehead atoms. The van der Waals surface area contributed by atoms with Crippen LogP contribution in [-0.2, 0) is 0 Å². The Kier molecular flexibility index (Phi) is 8.53. The van der Waals surface area contributed by atoms with Crippen molar-refractivity contribution in [3.8, 4) is 67.3 Å². The summed E-state index contributed by atoms with van der Waals surface area (Å²) < 4.78 is 0. The van der Waals surface area contributed by atoms with Crippen LogP contribution in [0.15, 0.2) is 231 Å². The molecule has 0 saturated carbocycles. The van der Waals surface area contributed by atoms with Crippen LogP contribution in [0.1, 0.15) is 0 Å². The molecule has 12 rings (SSSR count). The van der Waals surface area contributed by atoms with Crippen molar-refractivity contribution in [2.45, 2.75) is 0 Å². The second-order valence-corrected chi connectivity index (χ2v) is 16.0. The molecule has 0 radical (unpaired) electrons. The van der Waals surface area contributed by atoms with Gasteiger partial charge in [0.2, 0.25) is 0 Å². The van der Waals surface area contributed by atoms with Gasteiger partial charge in [-0.3, -0.25) is 0 Å². The van der Waals surface area contributed by atoms with Crippen molar-refractivity contribution in [3.05, 3.63) is 231 Å². The van der Waals surface area contributed by atoms with Crippen LogP contribution < -0.4 is 0 Å². The molecule has 288 valence electrons. The maximum absolute atomic E-state index is 5.37. The summed E-state index contributed by atoms with van der Waals surface area (Å²) in [7, 11) is 0. The third-order valence-electron chi connectivity index (χ3n) is 12.5. The summed E-state index contributed by atoms with van der Waals surface area (Å²) in [4.78, 5) is 10.7. The van der Waals surface area contributed by atoms with Gasteiger partial charge in [-0.05, 0) is 93.3 Å². The Morgan fingerprint density at radius 3 is 1.45 bits per heavy atom. The highest BCUT2D eigenvalue weighted by Crippen LogP contribution is 2.48. The van der Waals surface area contributed by atoms with Crippen LogP contribution >= 0.6 is 0 Å². The number of aromatic nitrogens is 2. The van der Waals surface area contributed by atoms with Gasteiger partial charge in [-0.1, -0.05) is 224 Å². The fourth-order valence-electron chi connectivity index (χ4n) is 9.72. The topological polar surface area (TPSA) is 25.8 Å². The maximum Gasteiger partial charge on any atom is 0.160 e. The zero-order valence-corrected chi connectivity index (χ0v) is 33.8. The minimum atomic E-state index is 0.694. The van der Waals surface area contributed by atoms with Gasteiger partial charge in [-0.2, -0.15) is 0 Å². The normalized spacial score (nSPS) is 11.5. The molecule has 12 aromatic rings. The molecule has 0 aliphatic heterocycles. The highest BCUT2D eigenvalue weighted by Gasteiger charge is 2.22. The quantitative estimate of drug-likeness (QED) is 0.124. The molecular formula is C60H38N2. The van der Waals surface area contributed by atoms with E-state index in [1.807, 2.05) is 6.07 Å². The van der Waals surface area contributed by atoms with E-state index in [0.717, 1.165) is 39.0 Å². The smallest absolute Gasteiger partial charge is 0.160 e. The van der Waals surface area contributed by atoms with Gasteiger partial charge in [-0.15, -0.1) is 0 Å². The number of rotatable bonds is 6. The van der Waals surface area contributed by atoms with Gasteiger partial charge < -0.3 is 0 Å². The molecule has 11 aromatic carbocycles. The van der Waals surface area contributed by atoms with Crippen LogP contribution in [0.3, 0.4) is 0 Å². The minimum absolute atomic E-state index is 0.694. The monoisotopic (exact) mass is 786 g/mol. The van der Waals surface area contributed by atoms with Gasteiger partial charge in [0.15, 0.2) is 5.82 Å². The molecular weight excluding hydrogens is 749 g/mol. The van der Waals surface area contributed by atoms with Crippen LogP contribution in [0, 0.1) is 0 Å². The molecule has 0 N–H and O–H groups in total. The molecule has 0 aliphatic carbocycles. The Morgan fingerprint density at radius 1 is 0.242 bits per heavy atom. The van der Waals surface area contributed by atoms with Crippen LogP contribution in [0.4, 0.5) is 0 Å². The van der Waals surface area contributed by atoms with Crippen molar-refractivity contribution >= 4 is 53.9 Å². The Balaban J connectivity index is 1.12. The molecule has 2 heteroatoms. The number of benzene rings is 11. The molecule has 0 atom stereocenters. The summed E-state index contributed by atoms with van der Waals surface area (Å²) in [5.74, 6) is 0.694. The summed E-state index contributed by atoms with van der Waals surface area (Å²) in [6.45, 7) is 0. The molecule has 0 aliphatic rings. The van der Waals surface area contributed by atoms with E-state index in [1.165, 1.54) is 76.3 Å². The Bertz CT molecular complexity index is 3680. The standard InChI is InChI=1S/C60H38N2/c1-3-20-41(21-4-1)57-51-31-15-16-32-52(51)58(54-35-34-40-19-8-10-26-44(40)59(54)57)53-37-36-50(47-28-11-12-29-48(47)53)56-38-55(61-60(62-56)42-22-5-2-6-23-42)49-30-14-13-27-46(49)45-33-17-24-39-18-7-9-25-43(39)45/h1-38H. The molecule has 1 heterocycles. The highest BCUT2D eigenvalue weighted by atomic mass is 14.9. The first-order valence-electron chi connectivity index (χ1n) is 21.2. The zero-order valence-electron chi connectivity index (χ0n) is 33.8. The van der Waals surface area contributed by atoms with Crippen LogP contribution in [0.25, 0.3) is 121 Å². The van der Waals surface area contributed by atoms with Crippen molar-refractivity contribution in [2.75, 3.05) is 0 Å². The van der Waals surface area contributed by atoms with E-state index < -0.39 is 0 Å². The molecule has 1 aromatic heterocycles. The maximum atomic E-state index is 5.37. The van der Waals surface area contributed by atoms with Gasteiger partial charge in [0, 0.05) is 16.7 Å². The lowest BCUT2D eigenvalue weighted by molar-refractivity contribution is 1.19. The Labute approximate surface area is 360 Å². The minimum Gasteiger partial charge on any atom is -0.228 e. The zero-order chi connectivity index (χ0) is 41.0. The van der Waals surface area contributed by atoms with Gasteiger partial charge in [0.25, 0.3) is 0 Å². The molecule has 0 fully saturated rings. The van der Waals surface area contributed by atoms with Gasteiger partial charge in [-0.25, -0.2) is 9.97 Å². The average Bonchev–Trinajstić information content (AvgIpc) is 3.35. The van der Waals surface area contributed by atoms with E-state index in [-0.39, 0.29) is 0 Å². The van der Waals surface area contributed by atoms with Crippen molar-refractivity contribution in [1.82, 2.24) is 9.97 Å². The number of hydrogen-bond acceptors (Lipinski definition) is 2. The third-order valence-corrected chi connectivity index (χ3v) is 12.5. The van der Waals surface area contributed by atoms with E-state index in [1.54, 1.807) is 0 Å². The van der Waals surface area contributed by atoms with Crippen molar-refractivity contribution in [1.29, 1.82) is 0 Å². The van der Waals surface area contributed by atoms with E-state index in [2.05, 4.69) is 224 Å². The highest BCUT2D eigenvalue weighted by molar-refractivity contribution is 6.29. The first-order valence-corrected chi connectivity index (χ1v) is 21.2. The molecule has 0 spiro atoms. The predicted octanol–water partition coefficient (Wildman–Crippen LogP) is 16.2. The first kappa shape index (κ1) is 35.7. The van der Waals surface area contributed by atoms with Crippen LogP contribution in [-0.4, -0.2) is 9.97 Å². The summed E-state index contributed by atoms with van der Waals surface area (Å²) in [6, 6.07) is 83.0. The number of hydrogen-bond donors (Lipinski definition) is 0. The largest absolute Gasteiger partial charge is 0.228 e. The molecule has 62 heavy (non-hydrogen) atoms. The van der Waals surface area contributed by atoms with Crippen LogP contribution in [0.2, 0.25) is 0 Å². The van der Waals surface area contributed by atoms with Crippen molar-refractivity contribution < 1.29 is 0 Å². The van der Waals surface area contributed by atoms with Gasteiger partial charge >= 0.3 is 0 Å². The molecule has 0 amide bonds. The van der Waals surface area contributed by atoms with Crippen molar-refractivity contribution in [2.24, 2.45) is 0 Å². The summed E-state index contributed by atoms with van der Waals surface area (Å²) in [5, 5.41) is 12.2. The SMILES string of the molecule is c1ccc(-c2nc(-c3ccccc3-c3cccc4ccccc34)cc(-c3ccc(-c4c5ccccc5c(-c5ccccc5)c5c4ccc4ccccc45)c4ccccc34)n2)cc1. The van der Waals surface area contributed by atoms with Crippen molar-refractivity contribution in [3.63, 3.8) is 0 Å². The lowest BCUT2D eigenvalue weighted by Gasteiger charge is -2.21. The molecule has 2 nitrogen and oxygen atoms in total. The predicted molar refractivity (Wildman–Crippen MR) is 262 cm³/mol. The van der Waals surface area contributed by atoms with Gasteiger partial charge in [0.1, 0.15) is 0 Å². The Morgan fingerprint density at radius 2 is 0.726 bits per heavy atom. The summed E-state index contributed by atoms with van der Waals surface area (Å²) in [6.07, 6.45) is 0. The average molecular weight is 787 g/mol. The summed E-state index contributed by atoms with van der Waals surface area (Å²) >= 11 is 0. The fraction of sp³-hybridized carbons (Fsp3) is 0. The van der Waals surface area contributed by atoms with E-state index in [4.69, 9.17) is 9.97 Å². The number of nitrogens with zero attached hydrogens (tertiary/aromatic N) is 2. The van der Waals surface area contributed by atoms with E-state index >= 15 is 0 Å². The lowest BCUT2D eigenvalue weighted by atomic mass is 9.82. The first-order chi connectivity index (χ1) is 30.8. The number of fused-ring (bicyclic) bond motifs is 6.